The Hall–Kier alpha value is -1.20. The molecule has 0 saturated heterocycles. The predicted molar refractivity (Wildman–Crippen MR) is 67.7 cm³/mol. The van der Waals surface area contributed by atoms with E-state index in [-0.39, 0.29) is 12.5 Å². The standard InChI is InChI=1S/C14H18O4/c15-8-11-5-1-3-9(13(11)17)7-10-4-2-6-12(16)14(10)18/h1-6,11-18H,7-8H2. The Bertz CT molecular complexity index is 420. The summed E-state index contributed by atoms with van der Waals surface area (Å²) in [5.41, 5.74) is 1.41. The molecular formula is C14H18O4. The van der Waals surface area contributed by atoms with E-state index < -0.39 is 18.3 Å². The summed E-state index contributed by atoms with van der Waals surface area (Å²) in [7, 11) is 0. The lowest BCUT2D eigenvalue weighted by atomic mass is 9.85. The van der Waals surface area contributed by atoms with Crippen LogP contribution in [-0.4, -0.2) is 45.3 Å². The Labute approximate surface area is 106 Å². The van der Waals surface area contributed by atoms with Crippen LogP contribution in [0.4, 0.5) is 0 Å². The van der Waals surface area contributed by atoms with Gasteiger partial charge in [0, 0.05) is 5.92 Å². The molecule has 0 aromatic rings. The van der Waals surface area contributed by atoms with E-state index in [2.05, 4.69) is 0 Å². The maximum absolute atomic E-state index is 10.0. The second-order valence-corrected chi connectivity index (χ2v) is 4.66. The summed E-state index contributed by atoms with van der Waals surface area (Å²) in [6.45, 7) is -0.112. The smallest absolute Gasteiger partial charge is 0.105 e. The van der Waals surface area contributed by atoms with E-state index in [9.17, 15) is 15.3 Å². The van der Waals surface area contributed by atoms with Crippen LogP contribution in [0.3, 0.4) is 0 Å². The highest BCUT2D eigenvalue weighted by molar-refractivity contribution is 5.34. The van der Waals surface area contributed by atoms with Gasteiger partial charge in [-0.25, -0.2) is 0 Å². The molecule has 4 heteroatoms. The fraction of sp³-hybridized carbons (Fsp3) is 0.429. The molecule has 2 aliphatic carbocycles. The number of aliphatic hydroxyl groups is 4. The average molecular weight is 250 g/mol. The van der Waals surface area contributed by atoms with E-state index >= 15 is 0 Å². The minimum Gasteiger partial charge on any atom is -0.396 e. The third-order valence-electron chi connectivity index (χ3n) is 3.40. The molecule has 0 heterocycles. The van der Waals surface area contributed by atoms with Crippen LogP contribution < -0.4 is 0 Å². The highest BCUT2D eigenvalue weighted by Crippen LogP contribution is 2.28. The summed E-state index contributed by atoms with van der Waals surface area (Å²) in [5.74, 6) is -0.299. The van der Waals surface area contributed by atoms with E-state index in [1.165, 1.54) is 6.08 Å². The zero-order valence-electron chi connectivity index (χ0n) is 9.98. The molecule has 98 valence electrons. The van der Waals surface area contributed by atoms with Crippen molar-refractivity contribution in [2.45, 2.75) is 24.7 Å². The minimum atomic E-state index is -0.929. The van der Waals surface area contributed by atoms with E-state index in [0.717, 1.165) is 5.57 Å². The van der Waals surface area contributed by atoms with Crippen LogP contribution in [0.15, 0.2) is 47.6 Å². The van der Waals surface area contributed by atoms with Crippen LogP contribution in [-0.2, 0) is 0 Å². The Balaban J connectivity index is 2.10. The topological polar surface area (TPSA) is 80.9 Å². The minimum absolute atomic E-state index is 0.112. The first-order valence-electron chi connectivity index (χ1n) is 6.03. The van der Waals surface area contributed by atoms with E-state index in [1.807, 2.05) is 0 Å². The lowest BCUT2D eigenvalue weighted by molar-refractivity contribution is 0.0681. The third-order valence-corrected chi connectivity index (χ3v) is 3.40. The Morgan fingerprint density at radius 1 is 0.889 bits per heavy atom. The van der Waals surface area contributed by atoms with Gasteiger partial charge in [0.2, 0.25) is 0 Å². The highest BCUT2D eigenvalue weighted by atomic mass is 16.3. The summed E-state index contributed by atoms with van der Waals surface area (Å²) < 4.78 is 0. The zero-order valence-corrected chi connectivity index (χ0v) is 9.98. The molecule has 0 spiro atoms. The normalized spacial score (nSPS) is 35.3. The number of aliphatic hydroxyl groups excluding tert-OH is 4. The van der Waals surface area contributed by atoms with Gasteiger partial charge in [-0.3, -0.25) is 0 Å². The fourth-order valence-corrected chi connectivity index (χ4v) is 2.24. The van der Waals surface area contributed by atoms with Gasteiger partial charge in [0.25, 0.3) is 0 Å². The molecule has 0 bridgehead atoms. The van der Waals surface area contributed by atoms with Gasteiger partial charge < -0.3 is 20.4 Å². The molecule has 0 radical (unpaired) electrons. The largest absolute Gasteiger partial charge is 0.396 e. The van der Waals surface area contributed by atoms with Crippen molar-refractivity contribution in [2.75, 3.05) is 6.61 Å². The lowest BCUT2D eigenvalue weighted by Gasteiger charge is -2.27. The van der Waals surface area contributed by atoms with Gasteiger partial charge in [-0.15, -0.1) is 0 Å². The number of allylic oxidation sites excluding steroid dienone is 4. The summed E-state index contributed by atoms with van der Waals surface area (Å²) >= 11 is 0. The van der Waals surface area contributed by atoms with E-state index in [4.69, 9.17) is 5.11 Å². The molecule has 0 aromatic heterocycles. The van der Waals surface area contributed by atoms with Gasteiger partial charge in [0.1, 0.15) is 12.2 Å². The molecule has 0 fully saturated rings. The molecule has 0 aliphatic heterocycles. The third kappa shape index (κ3) is 2.62. The molecule has 18 heavy (non-hydrogen) atoms. The van der Waals surface area contributed by atoms with Crippen LogP contribution in [0.25, 0.3) is 0 Å². The molecule has 0 aromatic carbocycles. The van der Waals surface area contributed by atoms with Crippen LogP contribution >= 0.6 is 0 Å². The quantitative estimate of drug-likeness (QED) is 0.571. The molecular weight excluding hydrogens is 232 g/mol. The average Bonchev–Trinajstić information content (AvgIpc) is 2.37. The van der Waals surface area contributed by atoms with E-state index in [1.54, 1.807) is 30.4 Å². The first kappa shape index (κ1) is 13.2. The molecule has 4 N–H and O–H groups in total. The fourth-order valence-electron chi connectivity index (χ4n) is 2.24. The molecule has 0 amide bonds. The van der Waals surface area contributed by atoms with Crippen molar-refractivity contribution in [3.63, 3.8) is 0 Å². The van der Waals surface area contributed by atoms with Crippen molar-refractivity contribution >= 4 is 0 Å². The highest BCUT2D eigenvalue weighted by Gasteiger charge is 2.26. The van der Waals surface area contributed by atoms with Gasteiger partial charge in [-0.2, -0.15) is 0 Å². The van der Waals surface area contributed by atoms with Gasteiger partial charge in [-0.05, 0) is 17.6 Å². The van der Waals surface area contributed by atoms with Crippen molar-refractivity contribution in [1.29, 1.82) is 0 Å². The molecule has 4 unspecified atom stereocenters. The molecule has 2 aliphatic rings. The Morgan fingerprint density at radius 3 is 2.17 bits per heavy atom. The van der Waals surface area contributed by atoms with Crippen LogP contribution in [0.5, 0.6) is 0 Å². The van der Waals surface area contributed by atoms with Crippen molar-refractivity contribution in [3.05, 3.63) is 47.6 Å². The van der Waals surface area contributed by atoms with Gasteiger partial charge in [0.05, 0.1) is 12.7 Å². The monoisotopic (exact) mass is 250 g/mol. The molecule has 4 nitrogen and oxygen atoms in total. The first-order chi connectivity index (χ1) is 8.63. The maximum Gasteiger partial charge on any atom is 0.105 e. The Kier molecular flexibility index (Phi) is 4.14. The van der Waals surface area contributed by atoms with Gasteiger partial charge in [-0.1, -0.05) is 36.5 Å². The van der Waals surface area contributed by atoms with Gasteiger partial charge in [0.15, 0.2) is 0 Å². The predicted octanol–water partition coefficient (Wildman–Crippen LogP) is 0.0601. The summed E-state index contributed by atoms with van der Waals surface area (Å²) in [5, 5.41) is 38.5. The Morgan fingerprint density at radius 2 is 1.50 bits per heavy atom. The SMILES string of the molecule is OCC1C=CC=C(CC2=CC=CC(O)C2O)C1O. The van der Waals surface area contributed by atoms with E-state index in [0.29, 0.717) is 12.0 Å². The number of hydrogen-bond donors (Lipinski definition) is 4. The molecule has 0 saturated carbocycles. The van der Waals surface area contributed by atoms with Crippen LogP contribution in [0.1, 0.15) is 6.42 Å². The summed E-state index contributed by atoms with van der Waals surface area (Å²) in [6.07, 6.45) is 8.14. The maximum atomic E-state index is 10.0. The van der Waals surface area contributed by atoms with Crippen molar-refractivity contribution in [3.8, 4) is 0 Å². The lowest BCUT2D eigenvalue weighted by Crippen LogP contribution is -2.31. The second kappa shape index (κ2) is 5.63. The zero-order chi connectivity index (χ0) is 13.1. The van der Waals surface area contributed by atoms with Gasteiger partial charge >= 0.3 is 0 Å². The molecule has 2 rings (SSSR count). The van der Waals surface area contributed by atoms with Crippen molar-refractivity contribution in [2.24, 2.45) is 5.92 Å². The van der Waals surface area contributed by atoms with Crippen LogP contribution in [0.2, 0.25) is 0 Å². The summed E-state index contributed by atoms with van der Waals surface area (Å²) in [4.78, 5) is 0. The van der Waals surface area contributed by atoms with Crippen LogP contribution in [0, 0.1) is 5.92 Å². The second-order valence-electron chi connectivity index (χ2n) is 4.66. The summed E-state index contributed by atoms with van der Waals surface area (Å²) in [6, 6.07) is 0. The van der Waals surface area contributed by atoms with Crippen molar-refractivity contribution < 1.29 is 20.4 Å². The first-order valence-corrected chi connectivity index (χ1v) is 6.03. The molecule has 4 atom stereocenters. The number of rotatable bonds is 3. The number of hydrogen-bond acceptors (Lipinski definition) is 4. The van der Waals surface area contributed by atoms with Crippen molar-refractivity contribution in [1.82, 2.24) is 0 Å².